The average molecular weight is 332 g/mol. The van der Waals surface area contributed by atoms with Crippen LogP contribution in [0.1, 0.15) is 5.56 Å². The van der Waals surface area contributed by atoms with Crippen molar-refractivity contribution in [1.82, 2.24) is 0 Å². The number of nitrogens with two attached hydrogens (primary N) is 1. The van der Waals surface area contributed by atoms with E-state index < -0.39 is 17.2 Å². The number of rotatable bonds is 5. The normalized spacial score (nSPS) is 9.83. The van der Waals surface area contributed by atoms with Crippen LogP contribution in [-0.4, -0.2) is 17.2 Å². The molecule has 9 nitrogen and oxygen atoms in total. The zero-order valence-electron chi connectivity index (χ0n) is 12.2. The molecule has 0 atom stereocenters. The van der Waals surface area contributed by atoms with Gasteiger partial charge in [-0.1, -0.05) is 12.1 Å². The van der Waals surface area contributed by atoms with Gasteiger partial charge in [-0.05, 0) is 29.8 Å². The topological polar surface area (TPSA) is 131 Å². The van der Waals surface area contributed by atoms with Crippen LogP contribution < -0.4 is 15.2 Å². The first-order valence-electron chi connectivity index (χ1n) is 6.59. The summed E-state index contributed by atoms with van der Waals surface area (Å²) < 4.78 is 14.4. The number of hydrogen-bond acceptors (Lipinski definition) is 7. The Morgan fingerprint density at radius 2 is 1.50 bits per heavy atom. The van der Waals surface area contributed by atoms with Gasteiger partial charge in [0.05, 0.1) is 4.92 Å². The molecule has 0 aromatic heterocycles. The van der Waals surface area contributed by atoms with Crippen LogP contribution in [0.4, 0.5) is 15.3 Å². The van der Waals surface area contributed by atoms with Crippen molar-refractivity contribution in [3.05, 3.63) is 64.2 Å². The molecule has 0 bridgehead atoms. The summed E-state index contributed by atoms with van der Waals surface area (Å²) in [4.78, 5) is 32.1. The molecular formula is C15H12N2O7. The minimum atomic E-state index is -0.957. The number of benzene rings is 2. The number of carbonyl (C=O) groups excluding carboxylic acids is 2. The maximum absolute atomic E-state index is 11.6. The zero-order valence-corrected chi connectivity index (χ0v) is 12.2. The van der Waals surface area contributed by atoms with E-state index in [1.54, 1.807) is 12.1 Å². The van der Waals surface area contributed by atoms with Crippen molar-refractivity contribution in [2.75, 3.05) is 0 Å². The first kappa shape index (κ1) is 16.7. The highest BCUT2D eigenvalue weighted by molar-refractivity contribution is 5.68. The van der Waals surface area contributed by atoms with E-state index in [0.29, 0.717) is 5.56 Å². The summed E-state index contributed by atoms with van der Waals surface area (Å²) in [5, 5.41) is 10.5. The Morgan fingerprint density at radius 1 is 0.958 bits per heavy atom. The van der Waals surface area contributed by atoms with Gasteiger partial charge in [0.15, 0.2) is 0 Å². The Balaban J connectivity index is 1.84. The van der Waals surface area contributed by atoms with E-state index in [1.807, 2.05) is 0 Å². The maximum Gasteiger partial charge on any atom is 0.514 e. The standard InChI is InChI=1S/C15H12N2O7/c16-14(18)23-12-5-1-10(2-6-12)9-22-15(19)24-13-7-3-11(4-8-13)17(20)21/h1-8H,9H2,(H2,16,18). The molecule has 0 spiro atoms. The Hall–Kier alpha value is -3.62. The zero-order chi connectivity index (χ0) is 17.5. The second-order valence-electron chi connectivity index (χ2n) is 4.46. The first-order valence-corrected chi connectivity index (χ1v) is 6.59. The summed E-state index contributed by atoms with van der Waals surface area (Å²) in [6, 6.07) is 11.1. The van der Waals surface area contributed by atoms with Gasteiger partial charge in [-0.15, -0.1) is 0 Å². The van der Waals surface area contributed by atoms with E-state index in [-0.39, 0.29) is 23.8 Å². The molecule has 1 amide bonds. The molecule has 2 aromatic carbocycles. The van der Waals surface area contributed by atoms with Crippen molar-refractivity contribution in [2.24, 2.45) is 5.73 Å². The Morgan fingerprint density at radius 3 is 2.04 bits per heavy atom. The summed E-state index contributed by atoms with van der Waals surface area (Å²) in [5.41, 5.74) is 5.39. The lowest BCUT2D eigenvalue weighted by molar-refractivity contribution is -0.384. The highest BCUT2D eigenvalue weighted by Gasteiger charge is 2.09. The minimum Gasteiger partial charge on any atom is -0.429 e. The SMILES string of the molecule is NC(=O)Oc1ccc(COC(=O)Oc2ccc([N+](=O)[O-])cc2)cc1. The Bertz CT molecular complexity index is 741. The molecule has 2 N–H and O–H groups in total. The molecule has 2 aromatic rings. The number of nitrogens with zero attached hydrogens (tertiary/aromatic N) is 1. The van der Waals surface area contributed by atoms with Gasteiger partial charge in [0.25, 0.3) is 5.69 Å². The summed E-state index contributed by atoms with van der Waals surface area (Å²) in [5.74, 6) is 0.385. The van der Waals surface area contributed by atoms with Crippen molar-refractivity contribution < 1.29 is 28.7 Å². The van der Waals surface area contributed by atoms with E-state index in [4.69, 9.17) is 15.2 Å². The summed E-state index contributed by atoms with van der Waals surface area (Å²) in [7, 11) is 0. The predicted molar refractivity (Wildman–Crippen MR) is 80.6 cm³/mol. The molecule has 0 aliphatic carbocycles. The van der Waals surface area contributed by atoms with Crippen LogP contribution in [0.5, 0.6) is 11.5 Å². The van der Waals surface area contributed by atoms with E-state index in [9.17, 15) is 19.7 Å². The quantitative estimate of drug-likeness (QED) is 0.385. The van der Waals surface area contributed by atoms with Crippen LogP contribution in [0, 0.1) is 10.1 Å². The van der Waals surface area contributed by atoms with Crippen molar-refractivity contribution in [3.8, 4) is 11.5 Å². The van der Waals surface area contributed by atoms with Crippen LogP contribution >= 0.6 is 0 Å². The first-order chi connectivity index (χ1) is 11.4. The number of nitro benzene ring substituents is 1. The lowest BCUT2D eigenvalue weighted by Crippen LogP contribution is -2.16. The van der Waals surface area contributed by atoms with E-state index >= 15 is 0 Å². The minimum absolute atomic E-state index is 0.0668. The molecule has 0 unspecified atom stereocenters. The Labute approximate surface area is 135 Å². The molecule has 24 heavy (non-hydrogen) atoms. The van der Waals surface area contributed by atoms with Gasteiger partial charge in [-0.3, -0.25) is 10.1 Å². The number of hydrogen-bond donors (Lipinski definition) is 1. The number of ether oxygens (including phenoxy) is 3. The molecule has 0 fully saturated rings. The van der Waals surface area contributed by atoms with E-state index in [2.05, 4.69) is 4.74 Å². The number of nitro groups is 1. The van der Waals surface area contributed by atoms with Gasteiger partial charge in [-0.2, -0.15) is 0 Å². The average Bonchev–Trinajstić information content (AvgIpc) is 2.54. The third-order valence-corrected chi connectivity index (χ3v) is 2.75. The molecule has 0 saturated carbocycles. The van der Waals surface area contributed by atoms with Gasteiger partial charge in [0.2, 0.25) is 0 Å². The fourth-order valence-corrected chi connectivity index (χ4v) is 1.67. The molecule has 124 valence electrons. The van der Waals surface area contributed by atoms with Crippen molar-refractivity contribution in [2.45, 2.75) is 6.61 Å². The number of amides is 1. The summed E-state index contributed by atoms with van der Waals surface area (Å²) in [6.45, 7) is -0.0668. The molecule has 0 saturated heterocycles. The second kappa shape index (κ2) is 7.58. The highest BCUT2D eigenvalue weighted by atomic mass is 16.7. The third-order valence-electron chi connectivity index (χ3n) is 2.75. The molecule has 9 heteroatoms. The monoisotopic (exact) mass is 332 g/mol. The van der Waals surface area contributed by atoms with Crippen LogP contribution in [0.2, 0.25) is 0 Å². The Kier molecular flexibility index (Phi) is 5.29. The smallest absolute Gasteiger partial charge is 0.429 e. The van der Waals surface area contributed by atoms with Gasteiger partial charge < -0.3 is 19.9 Å². The summed E-state index contributed by atoms with van der Waals surface area (Å²) in [6.07, 6.45) is -1.88. The summed E-state index contributed by atoms with van der Waals surface area (Å²) >= 11 is 0. The van der Waals surface area contributed by atoms with Gasteiger partial charge in [0.1, 0.15) is 18.1 Å². The van der Waals surface area contributed by atoms with E-state index in [1.165, 1.54) is 36.4 Å². The number of primary amides is 1. The van der Waals surface area contributed by atoms with Crippen molar-refractivity contribution >= 4 is 17.9 Å². The van der Waals surface area contributed by atoms with Gasteiger partial charge in [-0.25, -0.2) is 9.59 Å². The molecular weight excluding hydrogens is 320 g/mol. The molecule has 0 aliphatic heterocycles. The fourth-order valence-electron chi connectivity index (χ4n) is 1.67. The largest absolute Gasteiger partial charge is 0.514 e. The van der Waals surface area contributed by atoms with Crippen LogP contribution in [0.25, 0.3) is 0 Å². The fraction of sp³-hybridized carbons (Fsp3) is 0.0667. The lowest BCUT2D eigenvalue weighted by atomic mass is 10.2. The number of carbonyl (C=O) groups is 2. The molecule has 0 heterocycles. The number of non-ortho nitro benzene ring substituents is 1. The van der Waals surface area contributed by atoms with Crippen LogP contribution in [-0.2, 0) is 11.3 Å². The third kappa shape index (κ3) is 4.98. The predicted octanol–water partition coefficient (Wildman–Crippen LogP) is 2.77. The maximum atomic E-state index is 11.6. The van der Waals surface area contributed by atoms with Gasteiger partial charge in [0, 0.05) is 12.1 Å². The molecule has 0 radical (unpaired) electrons. The van der Waals surface area contributed by atoms with Gasteiger partial charge >= 0.3 is 12.2 Å². The van der Waals surface area contributed by atoms with Crippen LogP contribution in [0.3, 0.4) is 0 Å². The molecule has 2 rings (SSSR count). The lowest BCUT2D eigenvalue weighted by Gasteiger charge is -2.06. The molecule has 0 aliphatic rings. The second-order valence-corrected chi connectivity index (χ2v) is 4.46. The van der Waals surface area contributed by atoms with Crippen LogP contribution in [0.15, 0.2) is 48.5 Å². The highest BCUT2D eigenvalue weighted by Crippen LogP contribution is 2.18. The van der Waals surface area contributed by atoms with E-state index in [0.717, 1.165) is 0 Å². The van der Waals surface area contributed by atoms with Crippen molar-refractivity contribution in [1.29, 1.82) is 0 Å². The van der Waals surface area contributed by atoms with Crippen molar-refractivity contribution in [3.63, 3.8) is 0 Å².